The van der Waals surface area contributed by atoms with Crippen LogP contribution in [0.4, 0.5) is 4.39 Å². The van der Waals surface area contributed by atoms with E-state index in [-0.39, 0.29) is 11.9 Å². The lowest BCUT2D eigenvalue weighted by atomic mass is 9.99. The number of aromatic nitrogens is 1. The maximum atomic E-state index is 13.2. The predicted molar refractivity (Wildman–Crippen MR) is 81.5 cm³/mol. The topological polar surface area (TPSA) is 28.2 Å². The average Bonchev–Trinajstić information content (AvgIpc) is 2.55. The largest absolute Gasteiger partial charge is 0.314 e. The predicted octanol–water partition coefficient (Wildman–Crippen LogP) is 2.41. The molecule has 4 heteroatoms. The fourth-order valence-corrected chi connectivity index (χ4v) is 2.85. The Morgan fingerprint density at radius 2 is 1.86 bits per heavy atom. The van der Waals surface area contributed by atoms with Crippen LogP contribution in [0.1, 0.15) is 17.3 Å². The van der Waals surface area contributed by atoms with Crippen molar-refractivity contribution in [2.24, 2.45) is 0 Å². The first-order chi connectivity index (χ1) is 10.3. The zero-order valence-corrected chi connectivity index (χ0v) is 12.0. The molecule has 1 aromatic carbocycles. The van der Waals surface area contributed by atoms with E-state index >= 15 is 0 Å². The summed E-state index contributed by atoms with van der Waals surface area (Å²) in [5.41, 5.74) is 2.23. The van der Waals surface area contributed by atoms with Crippen LogP contribution in [0.3, 0.4) is 0 Å². The SMILES string of the molecule is Fc1ccc(C(Cc2ccccn2)N2CCNCC2)cc1. The molecule has 0 amide bonds. The molecule has 2 heterocycles. The summed E-state index contributed by atoms with van der Waals surface area (Å²) in [5.74, 6) is -0.185. The molecule has 1 aliphatic heterocycles. The number of nitrogens with zero attached hydrogens (tertiary/aromatic N) is 2. The molecule has 1 saturated heterocycles. The van der Waals surface area contributed by atoms with Crippen LogP contribution in [0.25, 0.3) is 0 Å². The highest BCUT2D eigenvalue weighted by Crippen LogP contribution is 2.25. The van der Waals surface area contributed by atoms with Gasteiger partial charge in [0.1, 0.15) is 5.82 Å². The van der Waals surface area contributed by atoms with Crippen molar-refractivity contribution in [2.45, 2.75) is 12.5 Å². The Hall–Kier alpha value is -1.78. The molecule has 0 aliphatic carbocycles. The number of piperazine rings is 1. The summed E-state index contributed by atoms with van der Waals surface area (Å²) in [6.45, 7) is 4.02. The first kappa shape index (κ1) is 14.2. The van der Waals surface area contributed by atoms with Crippen molar-refractivity contribution >= 4 is 0 Å². The lowest BCUT2D eigenvalue weighted by molar-refractivity contribution is 0.171. The van der Waals surface area contributed by atoms with Crippen molar-refractivity contribution < 1.29 is 4.39 Å². The molecule has 1 unspecified atom stereocenters. The Bertz CT molecular complexity index is 550. The fourth-order valence-electron chi connectivity index (χ4n) is 2.85. The summed E-state index contributed by atoms with van der Waals surface area (Å²) in [6, 6.07) is 13.1. The van der Waals surface area contributed by atoms with Crippen LogP contribution in [0.5, 0.6) is 0 Å². The number of benzene rings is 1. The summed E-state index contributed by atoms with van der Waals surface area (Å²) in [7, 11) is 0. The maximum absolute atomic E-state index is 13.2. The molecule has 2 aromatic rings. The molecular formula is C17H20FN3. The molecule has 0 spiro atoms. The van der Waals surface area contributed by atoms with E-state index in [1.807, 2.05) is 30.5 Å². The third-order valence-corrected chi connectivity index (χ3v) is 3.98. The van der Waals surface area contributed by atoms with Gasteiger partial charge in [0, 0.05) is 50.5 Å². The number of rotatable bonds is 4. The Kier molecular flexibility index (Phi) is 4.58. The molecule has 1 aromatic heterocycles. The Morgan fingerprint density at radius 1 is 1.10 bits per heavy atom. The van der Waals surface area contributed by atoms with E-state index in [4.69, 9.17) is 0 Å². The van der Waals surface area contributed by atoms with Gasteiger partial charge in [0.2, 0.25) is 0 Å². The second kappa shape index (κ2) is 6.78. The average molecular weight is 285 g/mol. The van der Waals surface area contributed by atoms with Gasteiger partial charge in [0.25, 0.3) is 0 Å². The van der Waals surface area contributed by atoms with Crippen LogP contribution in [0.15, 0.2) is 48.7 Å². The maximum Gasteiger partial charge on any atom is 0.123 e. The van der Waals surface area contributed by atoms with Crippen LogP contribution in [-0.4, -0.2) is 36.1 Å². The highest BCUT2D eigenvalue weighted by atomic mass is 19.1. The van der Waals surface area contributed by atoms with E-state index in [9.17, 15) is 4.39 Å². The number of hydrogen-bond donors (Lipinski definition) is 1. The van der Waals surface area contributed by atoms with Crippen molar-refractivity contribution in [1.29, 1.82) is 0 Å². The van der Waals surface area contributed by atoms with E-state index in [1.54, 1.807) is 12.1 Å². The smallest absolute Gasteiger partial charge is 0.123 e. The molecule has 1 N–H and O–H groups in total. The molecule has 3 nitrogen and oxygen atoms in total. The summed E-state index contributed by atoms with van der Waals surface area (Å²) in [4.78, 5) is 6.90. The third-order valence-electron chi connectivity index (χ3n) is 3.98. The second-order valence-electron chi connectivity index (χ2n) is 5.38. The summed E-state index contributed by atoms with van der Waals surface area (Å²) < 4.78 is 13.2. The standard InChI is InChI=1S/C17H20FN3/c18-15-6-4-14(5-7-15)17(21-11-9-19-10-12-21)13-16-3-1-2-8-20-16/h1-8,17,19H,9-13H2. The summed E-state index contributed by atoms with van der Waals surface area (Å²) in [6.07, 6.45) is 2.68. The first-order valence-electron chi connectivity index (χ1n) is 7.43. The van der Waals surface area contributed by atoms with Crippen molar-refractivity contribution in [3.63, 3.8) is 0 Å². The van der Waals surface area contributed by atoms with Crippen LogP contribution < -0.4 is 5.32 Å². The van der Waals surface area contributed by atoms with Crippen molar-refractivity contribution in [3.05, 3.63) is 65.7 Å². The minimum atomic E-state index is -0.185. The minimum absolute atomic E-state index is 0.185. The van der Waals surface area contributed by atoms with Crippen LogP contribution in [0.2, 0.25) is 0 Å². The molecule has 0 bridgehead atoms. The van der Waals surface area contributed by atoms with Gasteiger partial charge in [-0.3, -0.25) is 9.88 Å². The van der Waals surface area contributed by atoms with Crippen LogP contribution in [-0.2, 0) is 6.42 Å². The molecule has 21 heavy (non-hydrogen) atoms. The quantitative estimate of drug-likeness (QED) is 0.935. The molecular weight excluding hydrogens is 265 g/mol. The zero-order chi connectivity index (χ0) is 14.5. The minimum Gasteiger partial charge on any atom is -0.314 e. The third kappa shape index (κ3) is 3.65. The van der Waals surface area contributed by atoms with Gasteiger partial charge < -0.3 is 5.32 Å². The highest BCUT2D eigenvalue weighted by molar-refractivity contribution is 5.22. The summed E-state index contributed by atoms with van der Waals surface area (Å²) >= 11 is 0. The second-order valence-corrected chi connectivity index (χ2v) is 5.38. The molecule has 110 valence electrons. The molecule has 0 saturated carbocycles. The van der Waals surface area contributed by atoms with E-state index in [0.717, 1.165) is 43.9 Å². The molecule has 1 atom stereocenters. The molecule has 0 radical (unpaired) electrons. The molecule has 1 aliphatic rings. The van der Waals surface area contributed by atoms with E-state index in [1.165, 1.54) is 0 Å². The van der Waals surface area contributed by atoms with Gasteiger partial charge in [-0.1, -0.05) is 18.2 Å². The lowest BCUT2D eigenvalue weighted by Gasteiger charge is -2.35. The zero-order valence-electron chi connectivity index (χ0n) is 12.0. The van der Waals surface area contributed by atoms with Gasteiger partial charge in [0.15, 0.2) is 0 Å². The van der Waals surface area contributed by atoms with E-state index < -0.39 is 0 Å². The van der Waals surface area contributed by atoms with Gasteiger partial charge in [-0.05, 0) is 29.8 Å². The number of hydrogen-bond acceptors (Lipinski definition) is 3. The van der Waals surface area contributed by atoms with E-state index in [2.05, 4.69) is 21.3 Å². The van der Waals surface area contributed by atoms with Crippen molar-refractivity contribution in [3.8, 4) is 0 Å². The Labute approximate surface area is 124 Å². The van der Waals surface area contributed by atoms with Crippen LogP contribution in [0, 0.1) is 5.82 Å². The molecule has 3 rings (SSSR count). The fraction of sp³-hybridized carbons (Fsp3) is 0.353. The van der Waals surface area contributed by atoms with Crippen LogP contribution >= 0.6 is 0 Å². The lowest BCUT2D eigenvalue weighted by Crippen LogP contribution is -2.45. The van der Waals surface area contributed by atoms with E-state index in [0.29, 0.717) is 0 Å². The molecule has 1 fully saturated rings. The normalized spacial score (nSPS) is 17.6. The van der Waals surface area contributed by atoms with Gasteiger partial charge in [-0.25, -0.2) is 4.39 Å². The Morgan fingerprint density at radius 3 is 2.52 bits per heavy atom. The monoisotopic (exact) mass is 285 g/mol. The number of halogens is 1. The number of nitrogens with one attached hydrogen (secondary N) is 1. The number of pyridine rings is 1. The highest BCUT2D eigenvalue weighted by Gasteiger charge is 2.22. The first-order valence-corrected chi connectivity index (χ1v) is 7.43. The van der Waals surface area contributed by atoms with Gasteiger partial charge in [0.05, 0.1) is 0 Å². The summed E-state index contributed by atoms with van der Waals surface area (Å²) in [5, 5.41) is 3.38. The van der Waals surface area contributed by atoms with Gasteiger partial charge in [-0.2, -0.15) is 0 Å². The van der Waals surface area contributed by atoms with Crippen molar-refractivity contribution in [2.75, 3.05) is 26.2 Å². The van der Waals surface area contributed by atoms with Gasteiger partial charge >= 0.3 is 0 Å². The van der Waals surface area contributed by atoms with Gasteiger partial charge in [-0.15, -0.1) is 0 Å². The van der Waals surface area contributed by atoms with Crippen molar-refractivity contribution in [1.82, 2.24) is 15.2 Å². The Balaban J connectivity index is 1.84.